The van der Waals surface area contributed by atoms with Crippen molar-refractivity contribution in [2.24, 2.45) is 5.73 Å². The molecule has 0 unspecified atom stereocenters. The second-order valence-electron chi connectivity index (χ2n) is 4.24. The summed E-state index contributed by atoms with van der Waals surface area (Å²) in [6.07, 6.45) is 0. The number of primary amides is 1. The largest absolute Gasteiger partial charge is 0.351 e. The van der Waals surface area contributed by atoms with Crippen molar-refractivity contribution in [3.05, 3.63) is 29.8 Å². The first-order valence-corrected chi connectivity index (χ1v) is 6.95. The number of rotatable bonds is 4. The molecule has 5 N–H and O–H groups in total. The molecule has 8 nitrogen and oxygen atoms in total. The molecule has 0 aliphatic rings. The third-order valence-corrected chi connectivity index (χ3v) is 3.51. The van der Waals surface area contributed by atoms with Crippen molar-refractivity contribution < 1.29 is 9.59 Å². The molecule has 0 fully saturated rings. The van der Waals surface area contributed by atoms with Crippen LogP contribution >= 0.6 is 11.8 Å². The number of aryl methyl sites for hydroxylation is 1. The number of aromatic nitrogens is 3. The van der Waals surface area contributed by atoms with Crippen LogP contribution < -0.4 is 16.9 Å². The highest BCUT2D eigenvalue weighted by atomic mass is 32.2. The van der Waals surface area contributed by atoms with Crippen LogP contribution in [0.3, 0.4) is 0 Å². The zero-order valence-corrected chi connectivity index (χ0v) is 12.1. The number of amides is 3. The van der Waals surface area contributed by atoms with E-state index in [1.165, 1.54) is 4.68 Å². The van der Waals surface area contributed by atoms with Gasteiger partial charge in [0.15, 0.2) is 5.82 Å². The molecular formula is C12H14N6O2S. The van der Waals surface area contributed by atoms with E-state index in [9.17, 15) is 9.59 Å². The second-order valence-corrected chi connectivity index (χ2v) is 5.19. The van der Waals surface area contributed by atoms with Crippen molar-refractivity contribution in [1.29, 1.82) is 0 Å². The van der Waals surface area contributed by atoms with E-state index < -0.39 is 11.9 Å². The van der Waals surface area contributed by atoms with Gasteiger partial charge in [0.2, 0.25) is 11.1 Å². The summed E-state index contributed by atoms with van der Waals surface area (Å²) in [6, 6.07) is 6.76. The van der Waals surface area contributed by atoms with Gasteiger partial charge in [0.1, 0.15) is 0 Å². The van der Waals surface area contributed by atoms with Gasteiger partial charge in [0, 0.05) is 5.56 Å². The van der Waals surface area contributed by atoms with Gasteiger partial charge in [0.25, 0.3) is 0 Å². The number of benzene rings is 1. The van der Waals surface area contributed by atoms with Crippen molar-refractivity contribution in [1.82, 2.24) is 20.2 Å². The molecule has 2 rings (SSSR count). The number of nitrogens with two attached hydrogens (primary N) is 2. The highest BCUT2D eigenvalue weighted by Crippen LogP contribution is 2.21. The van der Waals surface area contributed by atoms with Gasteiger partial charge in [-0.25, -0.2) is 9.47 Å². The Morgan fingerprint density at radius 2 is 1.95 bits per heavy atom. The van der Waals surface area contributed by atoms with Gasteiger partial charge in [-0.05, 0) is 6.92 Å². The monoisotopic (exact) mass is 306 g/mol. The number of thioether (sulfide) groups is 1. The summed E-state index contributed by atoms with van der Waals surface area (Å²) in [7, 11) is 0. The summed E-state index contributed by atoms with van der Waals surface area (Å²) in [5.74, 6) is 5.85. The van der Waals surface area contributed by atoms with E-state index in [-0.39, 0.29) is 5.75 Å². The van der Waals surface area contributed by atoms with E-state index in [1.807, 2.05) is 36.5 Å². The van der Waals surface area contributed by atoms with Crippen LogP contribution in [0.2, 0.25) is 0 Å². The first kappa shape index (κ1) is 14.9. The number of nitrogens with zero attached hydrogens (tertiary/aromatic N) is 3. The lowest BCUT2D eigenvalue weighted by atomic mass is 10.1. The Morgan fingerprint density at radius 3 is 2.57 bits per heavy atom. The predicted octanol–water partition coefficient (Wildman–Crippen LogP) is 0.254. The fraction of sp³-hybridized carbons (Fsp3) is 0.167. The van der Waals surface area contributed by atoms with Crippen LogP contribution in [0.15, 0.2) is 29.4 Å². The lowest BCUT2D eigenvalue weighted by Gasteiger charge is -2.04. The summed E-state index contributed by atoms with van der Waals surface area (Å²) in [4.78, 5) is 21.8. The quantitative estimate of drug-likeness (QED) is 0.548. The third kappa shape index (κ3) is 3.72. The van der Waals surface area contributed by atoms with Gasteiger partial charge < -0.3 is 11.6 Å². The first-order valence-electron chi connectivity index (χ1n) is 5.97. The van der Waals surface area contributed by atoms with Crippen molar-refractivity contribution >= 4 is 23.7 Å². The molecule has 0 aliphatic carbocycles. The molecular weight excluding hydrogens is 292 g/mol. The van der Waals surface area contributed by atoms with E-state index in [1.54, 1.807) is 0 Å². The highest BCUT2D eigenvalue weighted by Gasteiger charge is 2.14. The fourth-order valence-corrected chi connectivity index (χ4v) is 2.24. The third-order valence-electron chi connectivity index (χ3n) is 2.57. The van der Waals surface area contributed by atoms with Crippen LogP contribution in [-0.2, 0) is 4.79 Å². The lowest BCUT2D eigenvalue weighted by molar-refractivity contribution is -0.117. The van der Waals surface area contributed by atoms with E-state index in [0.29, 0.717) is 11.0 Å². The van der Waals surface area contributed by atoms with E-state index in [4.69, 9.17) is 11.6 Å². The van der Waals surface area contributed by atoms with Crippen molar-refractivity contribution in [2.45, 2.75) is 12.1 Å². The number of carbonyl (C=O) groups excluding carboxylic acids is 2. The minimum absolute atomic E-state index is 0.0355. The van der Waals surface area contributed by atoms with Gasteiger partial charge in [0.05, 0.1) is 5.75 Å². The average molecular weight is 306 g/mol. The van der Waals surface area contributed by atoms with Crippen LogP contribution in [0.25, 0.3) is 11.4 Å². The molecule has 9 heteroatoms. The molecule has 2 aromatic rings. The molecule has 0 radical (unpaired) electrons. The Morgan fingerprint density at radius 1 is 1.29 bits per heavy atom. The molecule has 3 amide bonds. The summed E-state index contributed by atoms with van der Waals surface area (Å²) >= 11 is 1.06. The van der Waals surface area contributed by atoms with Crippen LogP contribution in [0.5, 0.6) is 0 Å². The molecule has 0 aliphatic heterocycles. The number of carbonyl (C=O) groups is 2. The van der Waals surface area contributed by atoms with E-state index in [0.717, 1.165) is 22.9 Å². The molecule has 0 spiro atoms. The number of urea groups is 1. The predicted molar refractivity (Wildman–Crippen MR) is 78.8 cm³/mol. The Bertz CT molecular complexity index is 667. The zero-order valence-electron chi connectivity index (χ0n) is 11.2. The molecule has 1 aromatic carbocycles. The molecule has 1 heterocycles. The molecule has 110 valence electrons. The Kier molecular flexibility index (Phi) is 4.43. The molecule has 0 bridgehead atoms. The summed E-state index contributed by atoms with van der Waals surface area (Å²) < 4.78 is 1.30. The standard InChI is InChI=1S/C12H14N6O2S/c1-7-2-4-8(5-3-7)10-16-17-12(18(10)14)21-6-9(19)15-11(13)20/h2-5H,6,14H2,1H3,(H3,13,15,19,20). The minimum Gasteiger partial charge on any atom is -0.351 e. The summed E-state index contributed by atoms with van der Waals surface area (Å²) in [5.41, 5.74) is 6.79. The maximum atomic E-state index is 11.3. The number of imide groups is 1. The van der Waals surface area contributed by atoms with Crippen LogP contribution in [0.4, 0.5) is 4.79 Å². The van der Waals surface area contributed by atoms with Crippen LogP contribution in [0, 0.1) is 6.92 Å². The molecule has 0 saturated heterocycles. The minimum atomic E-state index is -0.893. The molecule has 1 aromatic heterocycles. The maximum absolute atomic E-state index is 11.3. The van der Waals surface area contributed by atoms with E-state index in [2.05, 4.69) is 10.2 Å². The van der Waals surface area contributed by atoms with Crippen molar-refractivity contribution in [2.75, 3.05) is 11.6 Å². The zero-order chi connectivity index (χ0) is 15.4. The highest BCUT2D eigenvalue weighted by molar-refractivity contribution is 7.99. The Balaban J connectivity index is 2.08. The van der Waals surface area contributed by atoms with Crippen LogP contribution in [0.1, 0.15) is 5.56 Å². The fourth-order valence-electron chi connectivity index (χ4n) is 1.58. The van der Waals surface area contributed by atoms with Gasteiger partial charge in [-0.15, -0.1) is 10.2 Å². The first-order chi connectivity index (χ1) is 9.97. The SMILES string of the molecule is Cc1ccc(-c2nnc(SCC(=O)NC(N)=O)n2N)cc1. The van der Waals surface area contributed by atoms with E-state index >= 15 is 0 Å². The van der Waals surface area contributed by atoms with Crippen LogP contribution in [-0.4, -0.2) is 32.6 Å². The number of hydrogen-bond donors (Lipinski definition) is 3. The molecule has 0 saturated carbocycles. The smallest absolute Gasteiger partial charge is 0.318 e. The maximum Gasteiger partial charge on any atom is 0.318 e. The van der Waals surface area contributed by atoms with Gasteiger partial charge >= 0.3 is 6.03 Å². The van der Waals surface area contributed by atoms with Crippen molar-refractivity contribution in [3.63, 3.8) is 0 Å². The number of nitrogens with one attached hydrogen (secondary N) is 1. The topological polar surface area (TPSA) is 129 Å². The normalized spacial score (nSPS) is 10.3. The summed E-state index contributed by atoms with van der Waals surface area (Å²) in [5, 5.41) is 10.2. The second kappa shape index (κ2) is 6.27. The number of nitrogen functional groups attached to an aromatic ring is 1. The van der Waals surface area contributed by atoms with Gasteiger partial charge in [-0.3, -0.25) is 10.1 Å². The summed E-state index contributed by atoms with van der Waals surface area (Å²) in [6.45, 7) is 1.98. The molecule has 21 heavy (non-hydrogen) atoms. The molecule has 0 atom stereocenters. The Labute approximate surface area is 124 Å². The number of hydrogen-bond acceptors (Lipinski definition) is 6. The van der Waals surface area contributed by atoms with Crippen molar-refractivity contribution in [3.8, 4) is 11.4 Å². The lowest BCUT2D eigenvalue weighted by Crippen LogP contribution is -2.36. The van der Waals surface area contributed by atoms with Gasteiger partial charge in [-0.1, -0.05) is 41.6 Å². The average Bonchev–Trinajstić information content (AvgIpc) is 2.78. The Hall–Kier alpha value is -2.55. The van der Waals surface area contributed by atoms with Gasteiger partial charge in [-0.2, -0.15) is 0 Å².